The number of benzene rings is 2. The van der Waals surface area contributed by atoms with Crippen LogP contribution in [0.2, 0.25) is 0 Å². The van der Waals surface area contributed by atoms with Gasteiger partial charge in [-0.1, -0.05) is 50.2 Å². The average molecular weight is 490 g/mol. The molecular formula is C28H31N3O5. The van der Waals surface area contributed by atoms with E-state index in [1.54, 1.807) is 13.2 Å². The molecule has 8 nitrogen and oxygen atoms in total. The zero-order chi connectivity index (χ0) is 25.7. The maximum atomic E-state index is 13.6. The van der Waals surface area contributed by atoms with Gasteiger partial charge in [0.15, 0.2) is 5.78 Å². The molecule has 0 spiro atoms. The van der Waals surface area contributed by atoms with Crippen molar-refractivity contribution in [3.05, 3.63) is 71.9 Å². The second kappa shape index (κ2) is 11.3. The lowest BCUT2D eigenvalue weighted by Crippen LogP contribution is -2.56. The highest BCUT2D eigenvalue weighted by atomic mass is 16.5. The predicted molar refractivity (Wildman–Crippen MR) is 136 cm³/mol. The van der Waals surface area contributed by atoms with Gasteiger partial charge in [-0.05, 0) is 35.7 Å². The van der Waals surface area contributed by atoms with Crippen molar-refractivity contribution in [3.8, 4) is 5.75 Å². The summed E-state index contributed by atoms with van der Waals surface area (Å²) in [4.78, 5) is 44.7. The molecule has 1 aliphatic heterocycles. The van der Waals surface area contributed by atoms with E-state index in [1.165, 1.54) is 4.90 Å². The maximum Gasteiger partial charge on any atom is 0.270 e. The van der Waals surface area contributed by atoms with Crippen LogP contribution in [-0.2, 0) is 20.9 Å². The summed E-state index contributed by atoms with van der Waals surface area (Å²) >= 11 is 0. The predicted octanol–water partition coefficient (Wildman–Crippen LogP) is 3.38. The van der Waals surface area contributed by atoms with Gasteiger partial charge in [-0.15, -0.1) is 0 Å². The normalized spacial score (nSPS) is 15.2. The van der Waals surface area contributed by atoms with E-state index in [0.717, 1.165) is 16.7 Å². The molecule has 2 amide bonds. The molecule has 2 heterocycles. The number of aromatic nitrogens is 1. The fourth-order valence-corrected chi connectivity index (χ4v) is 4.30. The van der Waals surface area contributed by atoms with E-state index in [2.05, 4.69) is 10.3 Å². The molecule has 1 unspecified atom stereocenters. The molecule has 1 fully saturated rings. The molecule has 4 rings (SSSR count). The number of nitrogens with one attached hydrogen (secondary N) is 1. The lowest BCUT2D eigenvalue weighted by atomic mass is 9.97. The van der Waals surface area contributed by atoms with Crippen LogP contribution in [0.5, 0.6) is 5.75 Å². The number of para-hydroxylation sites is 1. The van der Waals surface area contributed by atoms with Crippen LogP contribution >= 0.6 is 0 Å². The van der Waals surface area contributed by atoms with Gasteiger partial charge in [0.1, 0.15) is 17.5 Å². The fraction of sp³-hybridized carbons (Fsp3) is 0.357. The van der Waals surface area contributed by atoms with Crippen molar-refractivity contribution >= 4 is 28.5 Å². The van der Waals surface area contributed by atoms with Crippen molar-refractivity contribution in [2.24, 2.45) is 5.92 Å². The Hall–Kier alpha value is -3.78. The lowest BCUT2D eigenvalue weighted by molar-refractivity contribution is -0.139. The van der Waals surface area contributed by atoms with Crippen LogP contribution in [0.4, 0.5) is 0 Å². The number of carbonyl (C=O) groups excluding carboxylic acids is 3. The molecule has 0 bridgehead atoms. The van der Waals surface area contributed by atoms with E-state index in [4.69, 9.17) is 9.47 Å². The SMILES string of the molecule is COc1ccc(COC(C(C)C)[C@H](NC(=O)c2ccc3ccccc3n2)C(=O)N2CCC(=O)C2)cc1. The third kappa shape index (κ3) is 5.88. The van der Waals surface area contributed by atoms with Gasteiger partial charge in [-0.2, -0.15) is 0 Å². The smallest absolute Gasteiger partial charge is 0.270 e. The molecule has 0 aliphatic carbocycles. The van der Waals surface area contributed by atoms with Crippen LogP contribution in [0.25, 0.3) is 10.9 Å². The summed E-state index contributed by atoms with van der Waals surface area (Å²) < 4.78 is 11.4. The Morgan fingerprint density at radius 3 is 2.47 bits per heavy atom. The van der Waals surface area contributed by atoms with Crippen molar-refractivity contribution in [3.63, 3.8) is 0 Å². The number of fused-ring (bicyclic) bond motifs is 1. The molecule has 0 saturated carbocycles. The minimum Gasteiger partial charge on any atom is -0.497 e. The van der Waals surface area contributed by atoms with Crippen molar-refractivity contribution in [1.29, 1.82) is 0 Å². The van der Waals surface area contributed by atoms with Gasteiger partial charge in [0, 0.05) is 18.4 Å². The number of hydrogen-bond donors (Lipinski definition) is 1. The molecule has 2 aromatic carbocycles. The third-order valence-corrected chi connectivity index (χ3v) is 6.31. The first-order chi connectivity index (χ1) is 17.4. The first-order valence-corrected chi connectivity index (χ1v) is 12.1. The zero-order valence-electron chi connectivity index (χ0n) is 20.8. The number of pyridine rings is 1. The highest BCUT2D eigenvalue weighted by Gasteiger charge is 2.38. The second-order valence-electron chi connectivity index (χ2n) is 9.26. The minimum atomic E-state index is -0.977. The molecule has 1 saturated heterocycles. The summed E-state index contributed by atoms with van der Waals surface area (Å²) in [7, 11) is 1.60. The minimum absolute atomic E-state index is 0.00451. The molecular weight excluding hydrogens is 458 g/mol. The van der Waals surface area contributed by atoms with Gasteiger partial charge in [0.2, 0.25) is 5.91 Å². The standard InChI is InChI=1S/C28H31N3O5/c1-18(2)26(36-17-19-8-11-22(35-3)12-9-19)25(28(34)31-15-14-21(32)16-31)30-27(33)24-13-10-20-6-4-5-7-23(20)29-24/h4-13,18,25-26H,14-17H2,1-3H3,(H,30,33)/t25-,26?/m0/s1. The monoisotopic (exact) mass is 489 g/mol. The number of hydrogen-bond acceptors (Lipinski definition) is 6. The van der Waals surface area contributed by atoms with Gasteiger partial charge in [-0.25, -0.2) is 4.98 Å². The molecule has 1 aromatic heterocycles. The Morgan fingerprint density at radius 1 is 1.06 bits per heavy atom. The Bertz CT molecular complexity index is 1240. The summed E-state index contributed by atoms with van der Waals surface area (Å²) in [5, 5.41) is 3.79. The summed E-state index contributed by atoms with van der Waals surface area (Å²) in [5.74, 6) is -0.155. The van der Waals surface area contributed by atoms with Crippen LogP contribution in [0.3, 0.4) is 0 Å². The van der Waals surface area contributed by atoms with E-state index in [0.29, 0.717) is 18.5 Å². The number of rotatable bonds is 9. The number of nitrogens with zero attached hydrogens (tertiary/aromatic N) is 2. The van der Waals surface area contributed by atoms with Gasteiger partial charge >= 0.3 is 0 Å². The summed E-state index contributed by atoms with van der Waals surface area (Å²) in [5.41, 5.74) is 1.81. The van der Waals surface area contributed by atoms with Gasteiger partial charge in [0.25, 0.3) is 5.91 Å². The van der Waals surface area contributed by atoms with Crippen LogP contribution in [0.15, 0.2) is 60.7 Å². The Labute approximate surface area is 210 Å². The summed E-state index contributed by atoms with van der Waals surface area (Å²) in [6.07, 6.45) is -0.308. The van der Waals surface area contributed by atoms with E-state index >= 15 is 0 Å². The average Bonchev–Trinajstić information content (AvgIpc) is 3.33. The summed E-state index contributed by atoms with van der Waals surface area (Å²) in [6, 6.07) is 17.5. The highest BCUT2D eigenvalue weighted by molar-refractivity contribution is 5.99. The van der Waals surface area contributed by atoms with Crippen LogP contribution in [0.1, 0.15) is 36.3 Å². The van der Waals surface area contributed by atoms with Crippen LogP contribution in [0, 0.1) is 5.92 Å². The largest absolute Gasteiger partial charge is 0.497 e. The number of ether oxygens (including phenoxy) is 2. The molecule has 2 atom stereocenters. The topological polar surface area (TPSA) is 97.8 Å². The first-order valence-electron chi connectivity index (χ1n) is 12.1. The second-order valence-corrected chi connectivity index (χ2v) is 9.26. The van der Waals surface area contributed by atoms with Crippen molar-refractivity contribution in [2.75, 3.05) is 20.2 Å². The first kappa shape index (κ1) is 25.3. The van der Waals surface area contributed by atoms with Crippen molar-refractivity contribution in [1.82, 2.24) is 15.2 Å². The quantitative estimate of drug-likeness (QED) is 0.495. The maximum absolute atomic E-state index is 13.6. The highest BCUT2D eigenvalue weighted by Crippen LogP contribution is 2.20. The van der Waals surface area contributed by atoms with E-state index < -0.39 is 18.1 Å². The Morgan fingerprint density at radius 2 is 1.81 bits per heavy atom. The van der Waals surface area contributed by atoms with Gasteiger partial charge in [0.05, 0.1) is 31.9 Å². The number of methoxy groups -OCH3 is 1. The number of carbonyl (C=O) groups is 3. The number of likely N-dealkylation sites (tertiary alicyclic amines) is 1. The fourth-order valence-electron chi connectivity index (χ4n) is 4.30. The lowest BCUT2D eigenvalue weighted by Gasteiger charge is -2.32. The molecule has 188 valence electrons. The van der Waals surface area contributed by atoms with E-state index in [-0.39, 0.29) is 36.5 Å². The van der Waals surface area contributed by atoms with Gasteiger partial charge < -0.3 is 19.7 Å². The number of Topliss-reactive ketones (excluding diaryl/α,β-unsaturated/α-hetero) is 1. The molecule has 36 heavy (non-hydrogen) atoms. The van der Waals surface area contributed by atoms with Gasteiger partial charge in [-0.3, -0.25) is 14.4 Å². The third-order valence-electron chi connectivity index (χ3n) is 6.31. The molecule has 0 radical (unpaired) electrons. The Balaban J connectivity index is 1.57. The number of ketones is 1. The summed E-state index contributed by atoms with van der Waals surface area (Å²) in [6.45, 7) is 4.51. The molecule has 1 N–H and O–H groups in total. The Kier molecular flexibility index (Phi) is 7.95. The number of amides is 2. The van der Waals surface area contributed by atoms with Crippen LogP contribution in [-0.4, -0.2) is 59.8 Å². The zero-order valence-corrected chi connectivity index (χ0v) is 20.8. The van der Waals surface area contributed by atoms with Crippen LogP contribution < -0.4 is 10.1 Å². The van der Waals surface area contributed by atoms with E-state index in [9.17, 15) is 14.4 Å². The molecule has 8 heteroatoms. The molecule has 3 aromatic rings. The van der Waals surface area contributed by atoms with Crippen molar-refractivity contribution < 1.29 is 23.9 Å². The van der Waals surface area contributed by atoms with E-state index in [1.807, 2.05) is 68.4 Å². The van der Waals surface area contributed by atoms with Crippen molar-refractivity contribution in [2.45, 2.75) is 39.0 Å². The molecule has 1 aliphatic rings.